The first kappa shape index (κ1) is 19.3. The Morgan fingerprint density at radius 3 is 2.47 bits per heavy atom. The van der Waals surface area contributed by atoms with E-state index in [9.17, 15) is 13.2 Å². The fraction of sp³-hybridized carbons (Fsp3) is 0.0952. The highest BCUT2D eigenvalue weighted by Gasteiger charge is 2.32. The van der Waals surface area contributed by atoms with Crippen LogP contribution in [0, 0.1) is 18.3 Å². The summed E-state index contributed by atoms with van der Waals surface area (Å²) in [5.41, 5.74) is 3.17. The molecule has 1 N–H and O–H groups in total. The molecule has 30 heavy (non-hydrogen) atoms. The van der Waals surface area contributed by atoms with Crippen molar-refractivity contribution in [1.82, 2.24) is 19.9 Å². The Labute approximate surface area is 169 Å². The molecular formula is C21H13F3N6. The van der Waals surface area contributed by atoms with Gasteiger partial charge in [0, 0.05) is 23.3 Å². The van der Waals surface area contributed by atoms with Gasteiger partial charge in [-0.15, -0.1) is 0 Å². The molecule has 0 saturated carbocycles. The molecule has 1 aromatic carbocycles. The predicted molar refractivity (Wildman–Crippen MR) is 105 cm³/mol. The number of pyridine rings is 2. The Hall–Kier alpha value is -4.06. The molecule has 0 saturated heterocycles. The lowest BCUT2D eigenvalue weighted by molar-refractivity contribution is -0.141. The molecule has 3 heterocycles. The third-order valence-electron chi connectivity index (χ3n) is 4.43. The normalized spacial score (nSPS) is 11.3. The van der Waals surface area contributed by atoms with Crippen LogP contribution in [0.4, 0.5) is 24.7 Å². The molecular weight excluding hydrogens is 393 g/mol. The SMILES string of the molecule is Cc1cc(C#N)cnc1-c1ccc2c(Nc3cnc(C(F)(F)F)cn3)ccnc2c1. The van der Waals surface area contributed by atoms with Gasteiger partial charge in [0.15, 0.2) is 5.69 Å². The highest BCUT2D eigenvalue weighted by atomic mass is 19.4. The van der Waals surface area contributed by atoms with Crippen molar-refractivity contribution in [3.8, 4) is 17.3 Å². The van der Waals surface area contributed by atoms with Crippen LogP contribution in [0.3, 0.4) is 0 Å². The second-order valence-electron chi connectivity index (χ2n) is 6.50. The van der Waals surface area contributed by atoms with Gasteiger partial charge in [0.25, 0.3) is 0 Å². The topological polar surface area (TPSA) is 87.4 Å². The van der Waals surface area contributed by atoms with Gasteiger partial charge in [-0.25, -0.2) is 9.97 Å². The smallest absolute Gasteiger partial charge is 0.338 e. The molecule has 9 heteroatoms. The maximum Gasteiger partial charge on any atom is 0.434 e. The second kappa shape index (κ2) is 7.40. The minimum Gasteiger partial charge on any atom is -0.338 e. The first-order valence-corrected chi connectivity index (χ1v) is 8.77. The molecule has 0 spiro atoms. The Bertz CT molecular complexity index is 1280. The number of nitrogens with one attached hydrogen (secondary N) is 1. The van der Waals surface area contributed by atoms with Crippen LogP contribution in [-0.4, -0.2) is 19.9 Å². The first-order valence-electron chi connectivity index (χ1n) is 8.77. The average Bonchev–Trinajstić information content (AvgIpc) is 2.73. The lowest BCUT2D eigenvalue weighted by atomic mass is 10.0. The van der Waals surface area contributed by atoms with Crippen LogP contribution >= 0.6 is 0 Å². The number of anilines is 2. The molecule has 0 fully saturated rings. The number of halogens is 3. The van der Waals surface area contributed by atoms with Crippen LogP contribution in [-0.2, 0) is 6.18 Å². The van der Waals surface area contributed by atoms with E-state index in [4.69, 9.17) is 5.26 Å². The zero-order valence-electron chi connectivity index (χ0n) is 15.6. The number of nitrogens with zero attached hydrogens (tertiary/aromatic N) is 5. The highest BCUT2D eigenvalue weighted by molar-refractivity contribution is 5.94. The van der Waals surface area contributed by atoms with Crippen molar-refractivity contribution in [3.05, 3.63) is 71.9 Å². The predicted octanol–water partition coefficient (Wildman–Crippen LogP) is 5.03. The number of fused-ring (bicyclic) bond motifs is 1. The van der Waals surface area contributed by atoms with Crippen molar-refractivity contribution in [2.75, 3.05) is 5.32 Å². The molecule has 0 atom stereocenters. The first-order chi connectivity index (χ1) is 14.3. The van der Waals surface area contributed by atoms with Gasteiger partial charge in [0.05, 0.1) is 34.9 Å². The van der Waals surface area contributed by atoms with Gasteiger partial charge in [-0.2, -0.15) is 18.4 Å². The summed E-state index contributed by atoms with van der Waals surface area (Å²) in [6.07, 6.45) is 0.284. The van der Waals surface area contributed by atoms with Gasteiger partial charge in [0.1, 0.15) is 11.9 Å². The molecule has 0 bridgehead atoms. The summed E-state index contributed by atoms with van der Waals surface area (Å²) in [4.78, 5) is 15.9. The molecule has 4 aromatic rings. The number of alkyl halides is 3. The number of benzene rings is 1. The Morgan fingerprint density at radius 2 is 1.80 bits per heavy atom. The highest BCUT2D eigenvalue weighted by Crippen LogP contribution is 2.30. The van der Waals surface area contributed by atoms with E-state index in [0.29, 0.717) is 23.0 Å². The number of rotatable bonds is 3. The van der Waals surface area contributed by atoms with Crippen molar-refractivity contribution >= 4 is 22.4 Å². The van der Waals surface area contributed by atoms with Crippen molar-refractivity contribution in [1.29, 1.82) is 5.26 Å². The Morgan fingerprint density at radius 1 is 0.967 bits per heavy atom. The van der Waals surface area contributed by atoms with E-state index in [2.05, 4.69) is 31.3 Å². The largest absolute Gasteiger partial charge is 0.434 e. The Kier molecular flexibility index (Phi) is 4.75. The minimum absolute atomic E-state index is 0.184. The summed E-state index contributed by atoms with van der Waals surface area (Å²) in [5.74, 6) is 0.184. The van der Waals surface area contributed by atoms with Crippen LogP contribution in [0.2, 0.25) is 0 Å². The molecule has 0 aliphatic rings. The fourth-order valence-corrected chi connectivity index (χ4v) is 3.02. The van der Waals surface area contributed by atoms with E-state index in [0.717, 1.165) is 28.4 Å². The maximum absolute atomic E-state index is 12.7. The number of aryl methyl sites for hydroxylation is 1. The van der Waals surface area contributed by atoms with E-state index in [1.165, 1.54) is 6.20 Å². The third kappa shape index (κ3) is 3.75. The number of nitriles is 1. The molecule has 4 rings (SSSR count). The Balaban J connectivity index is 1.67. The van der Waals surface area contributed by atoms with Gasteiger partial charge in [-0.3, -0.25) is 9.97 Å². The standard InChI is InChI=1S/C21H13F3N6/c1-12-6-13(8-25)9-29-20(12)14-2-3-15-16(4-5-26-17(15)7-14)30-19-11-27-18(10-28-19)21(22,23)24/h2-7,9-11H,1H3,(H,26,28,30). The van der Waals surface area contributed by atoms with E-state index in [-0.39, 0.29) is 5.82 Å². The van der Waals surface area contributed by atoms with Crippen LogP contribution in [0.5, 0.6) is 0 Å². The van der Waals surface area contributed by atoms with E-state index < -0.39 is 11.9 Å². The molecule has 0 unspecified atom stereocenters. The molecule has 0 amide bonds. The average molecular weight is 406 g/mol. The maximum atomic E-state index is 12.7. The van der Waals surface area contributed by atoms with Gasteiger partial charge in [-0.05, 0) is 30.7 Å². The van der Waals surface area contributed by atoms with Crippen molar-refractivity contribution < 1.29 is 13.2 Å². The summed E-state index contributed by atoms with van der Waals surface area (Å²) >= 11 is 0. The lowest BCUT2D eigenvalue weighted by Crippen LogP contribution is -2.09. The summed E-state index contributed by atoms with van der Waals surface area (Å²) in [7, 11) is 0. The van der Waals surface area contributed by atoms with Gasteiger partial charge < -0.3 is 5.32 Å². The quantitative estimate of drug-likeness (QED) is 0.514. The van der Waals surface area contributed by atoms with Crippen LogP contribution in [0.15, 0.2) is 55.1 Å². The van der Waals surface area contributed by atoms with Gasteiger partial charge in [-0.1, -0.05) is 12.1 Å². The van der Waals surface area contributed by atoms with Crippen LogP contribution < -0.4 is 5.32 Å². The molecule has 0 aliphatic carbocycles. The van der Waals surface area contributed by atoms with Crippen LogP contribution in [0.1, 0.15) is 16.8 Å². The molecule has 0 radical (unpaired) electrons. The zero-order valence-corrected chi connectivity index (χ0v) is 15.6. The number of hydrogen-bond donors (Lipinski definition) is 1. The summed E-state index contributed by atoms with van der Waals surface area (Å²) in [5, 5.41) is 12.7. The van der Waals surface area contributed by atoms with E-state index >= 15 is 0 Å². The number of aromatic nitrogens is 4. The second-order valence-corrected chi connectivity index (χ2v) is 6.50. The third-order valence-corrected chi connectivity index (χ3v) is 4.43. The minimum atomic E-state index is -4.54. The van der Waals surface area contributed by atoms with E-state index in [1.807, 2.05) is 25.1 Å². The lowest BCUT2D eigenvalue weighted by Gasteiger charge is -2.11. The van der Waals surface area contributed by atoms with Crippen molar-refractivity contribution in [2.24, 2.45) is 0 Å². The monoisotopic (exact) mass is 406 g/mol. The fourth-order valence-electron chi connectivity index (χ4n) is 3.02. The van der Waals surface area contributed by atoms with Crippen molar-refractivity contribution in [2.45, 2.75) is 13.1 Å². The summed E-state index contributed by atoms with van der Waals surface area (Å²) in [6, 6.07) is 11.1. The zero-order chi connectivity index (χ0) is 21.3. The number of hydrogen-bond acceptors (Lipinski definition) is 6. The van der Waals surface area contributed by atoms with Crippen LogP contribution in [0.25, 0.3) is 22.2 Å². The molecule has 6 nitrogen and oxygen atoms in total. The molecule has 148 valence electrons. The summed E-state index contributed by atoms with van der Waals surface area (Å²) < 4.78 is 38.0. The molecule has 0 aliphatic heterocycles. The van der Waals surface area contributed by atoms with E-state index in [1.54, 1.807) is 18.3 Å². The van der Waals surface area contributed by atoms with Gasteiger partial charge >= 0.3 is 6.18 Å². The van der Waals surface area contributed by atoms with Gasteiger partial charge in [0.2, 0.25) is 0 Å². The van der Waals surface area contributed by atoms with Crippen molar-refractivity contribution in [3.63, 3.8) is 0 Å². The molecule has 3 aromatic heterocycles. The summed E-state index contributed by atoms with van der Waals surface area (Å²) in [6.45, 7) is 1.88.